The largest absolute Gasteiger partial charge is 0.389 e. The highest BCUT2D eigenvalue weighted by Gasteiger charge is 2.30. The third-order valence-corrected chi connectivity index (χ3v) is 4.52. The number of anilines is 1. The monoisotopic (exact) mass is 272 g/mol. The molecule has 1 aromatic carbocycles. The third kappa shape index (κ3) is 2.81. The zero-order valence-corrected chi connectivity index (χ0v) is 12.8. The van der Waals surface area contributed by atoms with Gasteiger partial charge in [0.05, 0.1) is 17.7 Å². The minimum atomic E-state index is -0.516. The highest BCUT2D eigenvalue weighted by molar-refractivity contribution is 5.59. The van der Waals surface area contributed by atoms with Crippen LogP contribution >= 0.6 is 0 Å². The van der Waals surface area contributed by atoms with Gasteiger partial charge >= 0.3 is 0 Å². The maximum absolute atomic E-state index is 10.0. The number of aliphatic hydroxyl groups is 1. The van der Waals surface area contributed by atoms with Gasteiger partial charge in [0.2, 0.25) is 0 Å². The molecule has 3 heteroatoms. The van der Waals surface area contributed by atoms with Gasteiger partial charge in [0.1, 0.15) is 0 Å². The van der Waals surface area contributed by atoms with Crippen molar-refractivity contribution in [2.45, 2.75) is 46.3 Å². The van der Waals surface area contributed by atoms with Gasteiger partial charge in [-0.3, -0.25) is 0 Å². The van der Waals surface area contributed by atoms with E-state index < -0.39 is 6.10 Å². The van der Waals surface area contributed by atoms with Gasteiger partial charge in [-0.2, -0.15) is 5.26 Å². The molecule has 0 amide bonds. The van der Waals surface area contributed by atoms with Gasteiger partial charge in [-0.15, -0.1) is 0 Å². The van der Waals surface area contributed by atoms with Crippen LogP contribution in [0.3, 0.4) is 0 Å². The van der Waals surface area contributed by atoms with Crippen LogP contribution in [0.15, 0.2) is 18.2 Å². The molecular formula is C17H24N2O. The number of aliphatic hydroxyl groups excluding tert-OH is 1. The lowest BCUT2D eigenvalue weighted by molar-refractivity contribution is 0.198. The first-order valence-corrected chi connectivity index (χ1v) is 7.42. The van der Waals surface area contributed by atoms with Crippen molar-refractivity contribution >= 4 is 5.69 Å². The van der Waals surface area contributed by atoms with Gasteiger partial charge < -0.3 is 10.0 Å². The van der Waals surface area contributed by atoms with E-state index in [0.717, 1.165) is 17.8 Å². The molecule has 20 heavy (non-hydrogen) atoms. The quantitative estimate of drug-likeness (QED) is 0.896. The fraction of sp³-hybridized carbons (Fsp3) is 0.588. The summed E-state index contributed by atoms with van der Waals surface area (Å²) >= 11 is 0. The lowest BCUT2D eigenvalue weighted by atomic mass is 9.85. The number of benzene rings is 1. The second-order valence-corrected chi connectivity index (χ2v) is 6.27. The minimum Gasteiger partial charge on any atom is -0.389 e. The van der Waals surface area contributed by atoms with Crippen LogP contribution in [0.4, 0.5) is 5.69 Å². The van der Waals surface area contributed by atoms with Crippen LogP contribution in [-0.4, -0.2) is 17.7 Å². The molecule has 0 saturated carbocycles. The summed E-state index contributed by atoms with van der Waals surface area (Å²) in [6, 6.07) is 8.22. The van der Waals surface area contributed by atoms with Gasteiger partial charge in [-0.05, 0) is 44.2 Å². The lowest BCUT2D eigenvalue weighted by Crippen LogP contribution is -2.46. The topological polar surface area (TPSA) is 47.3 Å². The maximum atomic E-state index is 10.0. The van der Waals surface area contributed by atoms with Crippen molar-refractivity contribution in [1.29, 1.82) is 5.26 Å². The Morgan fingerprint density at radius 3 is 2.65 bits per heavy atom. The van der Waals surface area contributed by atoms with Crippen LogP contribution in [0.1, 0.15) is 51.3 Å². The number of hydrogen-bond acceptors (Lipinski definition) is 3. The molecule has 1 heterocycles. The summed E-state index contributed by atoms with van der Waals surface area (Å²) in [7, 11) is 0. The Labute approximate surface area is 121 Å². The summed E-state index contributed by atoms with van der Waals surface area (Å²) in [4.78, 5) is 2.36. The Balaban J connectivity index is 2.46. The summed E-state index contributed by atoms with van der Waals surface area (Å²) in [5.41, 5.74) is 2.59. The molecule has 3 nitrogen and oxygen atoms in total. The Bertz CT molecular complexity index is 518. The molecular weight excluding hydrogens is 248 g/mol. The van der Waals surface area contributed by atoms with Crippen molar-refractivity contribution in [3.63, 3.8) is 0 Å². The molecule has 2 rings (SSSR count). The first-order valence-electron chi connectivity index (χ1n) is 7.42. The predicted molar refractivity (Wildman–Crippen MR) is 81.5 cm³/mol. The van der Waals surface area contributed by atoms with Gasteiger partial charge in [-0.1, -0.05) is 19.9 Å². The van der Waals surface area contributed by atoms with E-state index in [1.807, 2.05) is 12.1 Å². The second-order valence-electron chi connectivity index (χ2n) is 6.27. The number of piperidine rings is 1. The number of nitrogens with zero attached hydrogens (tertiary/aromatic N) is 2. The van der Waals surface area contributed by atoms with Gasteiger partial charge in [-0.25, -0.2) is 0 Å². The molecule has 0 spiro atoms. The van der Waals surface area contributed by atoms with Crippen molar-refractivity contribution in [2.24, 2.45) is 11.8 Å². The summed E-state index contributed by atoms with van der Waals surface area (Å²) in [6.07, 6.45) is 0.720. The van der Waals surface area contributed by atoms with E-state index in [0.29, 0.717) is 23.4 Å². The van der Waals surface area contributed by atoms with E-state index in [1.165, 1.54) is 6.42 Å². The first kappa shape index (κ1) is 14.9. The normalized spacial score (nSPS) is 28.0. The average molecular weight is 272 g/mol. The van der Waals surface area contributed by atoms with Crippen LogP contribution in [0, 0.1) is 23.2 Å². The summed E-state index contributed by atoms with van der Waals surface area (Å²) in [5.74, 6) is 1.25. The molecule has 1 saturated heterocycles. The number of nitriles is 1. The highest BCUT2D eigenvalue weighted by Crippen LogP contribution is 2.35. The van der Waals surface area contributed by atoms with Crippen molar-refractivity contribution < 1.29 is 5.11 Å². The highest BCUT2D eigenvalue weighted by atomic mass is 16.3. The molecule has 1 fully saturated rings. The van der Waals surface area contributed by atoms with Crippen molar-refractivity contribution in [3.05, 3.63) is 29.3 Å². The van der Waals surface area contributed by atoms with Gasteiger partial charge in [0, 0.05) is 23.8 Å². The van der Waals surface area contributed by atoms with Crippen LogP contribution in [0.25, 0.3) is 0 Å². The maximum Gasteiger partial charge on any atom is 0.0992 e. The summed E-state index contributed by atoms with van der Waals surface area (Å²) < 4.78 is 0. The second kappa shape index (κ2) is 5.85. The minimum absolute atomic E-state index is 0.428. The van der Waals surface area contributed by atoms with Crippen LogP contribution in [0.5, 0.6) is 0 Å². The standard InChI is InChI=1S/C17H24N2O/c1-11-7-12(2)13(3)19(10-11)17-8-15(9-18)5-6-16(17)14(4)20/h5-6,8,11-14,20H,7,10H2,1-4H3/t11?,12?,13?,14-/m0/s1. The van der Waals surface area contributed by atoms with Crippen LogP contribution in [0.2, 0.25) is 0 Å². The predicted octanol–water partition coefficient (Wildman–Crippen LogP) is 3.48. The van der Waals surface area contributed by atoms with Crippen molar-refractivity contribution in [3.8, 4) is 6.07 Å². The SMILES string of the molecule is CC1CC(C)C(C)N(c2cc(C#N)ccc2[C@H](C)O)C1. The molecule has 1 N–H and O–H groups in total. The van der Waals surface area contributed by atoms with E-state index in [4.69, 9.17) is 5.26 Å². The van der Waals surface area contributed by atoms with Crippen LogP contribution in [-0.2, 0) is 0 Å². The van der Waals surface area contributed by atoms with Gasteiger partial charge in [0.25, 0.3) is 0 Å². The van der Waals surface area contributed by atoms with Crippen molar-refractivity contribution in [1.82, 2.24) is 0 Å². The van der Waals surface area contributed by atoms with E-state index in [-0.39, 0.29) is 0 Å². The van der Waals surface area contributed by atoms with Crippen LogP contribution < -0.4 is 4.90 Å². The molecule has 1 aliphatic heterocycles. The number of rotatable bonds is 2. The third-order valence-electron chi connectivity index (χ3n) is 4.52. The Morgan fingerprint density at radius 1 is 1.35 bits per heavy atom. The lowest BCUT2D eigenvalue weighted by Gasteiger charge is -2.43. The molecule has 0 bridgehead atoms. The molecule has 0 aliphatic carbocycles. The zero-order valence-electron chi connectivity index (χ0n) is 12.8. The van der Waals surface area contributed by atoms with E-state index in [1.54, 1.807) is 13.0 Å². The fourth-order valence-corrected chi connectivity index (χ4v) is 3.25. The first-order chi connectivity index (χ1) is 9.43. The van der Waals surface area contributed by atoms with E-state index in [9.17, 15) is 5.11 Å². The summed E-state index contributed by atoms with van der Waals surface area (Å²) in [5, 5.41) is 19.1. The molecule has 1 aromatic rings. The Kier molecular flexibility index (Phi) is 4.35. The molecule has 0 radical (unpaired) electrons. The van der Waals surface area contributed by atoms with Crippen molar-refractivity contribution in [2.75, 3.05) is 11.4 Å². The molecule has 4 atom stereocenters. The summed E-state index contributed by atoms with van der Waals surface area (Å²) in [6.45, 7) is 9.56. The van der Waals surface area contributed by atoms with E-state index >= 15 is 0 Å². The Morgan fingerprint density at radius 2 is 2.05 bits per heavy atom. The Hall–Kier alpha value is -1.53. The fourth-order valence-electron chi connectivity index (χ4n) is 3.25. The average Bonchev–Trinajstić information content (AvgIpc) is 2.42. The molecule has 1 aliphatic rings. The number of hydrogen-bond donors (Lipinski definition) is 1. The van der Waals surface area contributed by atoms with E-state index in [2.05, 4.69) is 31.7 Å². The van der Waals surface area contributed by atoms with Gasteiger partial charge in [0.15, 0.2) is 0 Å². The molecule has 3 unspecified atom stereocenters. The molecule has 108 valence electrons. The molecule has 0 aromatic heterocycles. The smallest absolute Gasteiger partial charge is 0.0992 e. The zero-order chi connectivity index (χ0) is 14.9.